The van der Waals surface area contributed by atoms with Gasteiger partial charge in [0.15, 0.2) is 0 Å². The maximum atomic E-state index is 12.9. The SMILES string of the molecule is CCCCN(CCCC)CCCn1c(CN)nc2cc(C(F)(F)F)ccc21. The quantitative estimate of drug-likeness (QED) is 0.605. The fourth-order valence-electron chi connectivity index (χ4n) is 3.31. The van der Waals surface area contributed by atoms with Crippen molar-refractivity contribution in [1.29, 1.82) is 0 Å². The molecule has 7 heteroatoms. The molecule has 1 heterocycles. The lowest BCUT2D eigenvalue weighted by Crippen LogP contribution is -2.28. The number of aryl methyl sites for hydroxylation is 1. The molecule has 0 aliphatic rings. The van der Waals surface area contributed by atoms with Crippen molar-refractivity contribution in [2.75, 3.05) is 19.6 Å². The average molecular weight is 384 g/mol. The van der Waals surface area contributed by atoms with E-state index in [0.29, 0.717) is 17.9 Å². The van der Waals surface area contributed by atoms with E-state index >= 15 is 0 Å². The monoisotopic (exact) mass is 384 g/mol. The summed E-state index contributed by atoms with van der Waals surface area (Å²) in [6, 6.07) is 3.74. The Morgan fingerprint density at radius 3 is 2.22 bits per heavy atom. The van der Waals surface area contributed by atoms with Crippen LogP contribution in [0.2, 0.25) is 0 Å². The standard InChI is InChI=1S/C20H31F3N4/c1-3-5-10-26(11-6-4-2)12-7-13-27-18-9-8-16(20(21,22)23)14-17(18)25-19(27)15-24/h8-9,14H,3-7,10-13,15,24H2,1-2H3. The molecule has 2 aromatic rings. The zero-order chi connectivity index (χ0) is 19.9. The van der Waals surface area contributed by atoms with E-state index in [0.717, 1.165) is 43.7 Å². The molecule has 0 saturated heterocycles. The lowest BCUT2D eigenvalue weighted by Gasteiger charge is -2.22. The van der Waals surface area contributed by atoms with Crippen molar-refractivity contribution in [3.8, 4) is 0 Å². The molecule has 1 aromatic heterocycles. The number of hydrogen-bond donors (Lipinski definition) is 1. The van der Waals surface area contributed by atoms with Gasteiger partial charge in [0.1, 0.15) is 5.82 Å². The van der Waals surface area contributed by atoms with Crippen molar-refractivity contribution in [3.05, 3.63) is 29.6 Å². The molecule has 0 saturated carbocycles. The number of imidazole rings is 1. The predicted molar refractivity (Wildman–Crippen MR) is 103 cm³/mol. The summed E-state index contributed by atoms with van der Waals surface area (Å²) in [6.07, 6.45) is 1.28. The lowest BCUT2D eigenvalue weighted by atomic mass is 10.2. The van der Waals surface area contributed by atoms with Gasteiger partial charge in [-0.1, -0.05) is 26.7 Å². The first-order chi connectivity index (χ1) is 12.9. The molecule has 0 aliphatic carbocycles. The first-order valence-electron chi connectivity index (χ1n) is 9.89. The Bertz CT molecular complexity index is 701. The molecule has 0 fully saturated rings. The first kappa shape index (κ1) is 21.7. The van der Waals surface area contributed by atoms with Gasteiger partial charge in [-0.3, -0.25) is 0 Å². The number of benzene rings is 1. The van der Waals surface area contributed by atoms with Gasteiger partial charge in [0.25, 0.3) is 0 Å². The Kier molecular flexibility index (Phi) is 8.10. The molecule has 152 valence electrons. The summed E-state index contributed by atoms with van der Waals surface area (Å²) in [5.74, 6) is 0.637. The number of alkyl halides is 3. The Hall–Kier alpha value is -1.60. The summed E-state index contributed by atoms with van der Waals surface area (Å²) in [5, 5.41) is 0. The third kappa shape index (κ3) is 5.94. The van der Waals surface area contributed by atoms with Gasteiger partial charge in [-0.15, -0.1) is 0 Å². The topological polar surface area (TPSA) is 47.1 Å². The van der Waals surface area contributed by atoms with Crippen LogP contribution < -0.4 is 5.73 Å². The van der Waals surface area contributed by atoms with Gasteiger partial charge in [-0.25, -0.2) is 4.98 Å². The Morgan fingerprint density at radius 2 is 1.67 bits per heavy atom. The van der Waals surface area contributed by atoms with Crippen molar-refractivity contribution in [2.45, 2.75) is 65.2 Å². The highest BCUT2D eigenvalue weighted by molar-refractivity contribution is 5.77. The normalized spacial score (nSPS) is 12.4. The Morgan fingerprint density at radius 1 is 1.04 bits per heavy atom. The van der Waals surface area contributed by atoms with Crippen LogP contribution in [0.4, 0.5) is 13.2 Å². The molecule has 0 atom stereocenters. The van der Waals surface area contributed by atoms with Crippen LogP contribution >= 0.6 is 0 Å². The highest BCUT2D eigenvalue weighted by Crippen LogP contribution is 2.31. The third-order valence-electron chi connectivity index (χ3n) is 4.85. The van der Waals surface area contributed by atoms with Crippen LogP contribution in [0.1, 0.15) is 57.3 Å². The lowest BCUT2D eigenvalue weighted by molar-refractivity contribution is -0.137. The largest absolute Gasteiger partial charge is 0.416 e. The van der Waals surface area contributed by atoms with Crippen LogP contribution in [0, 0.1) is 0 Å². The molecule has 27 heavy (non-hydrogen) atoms. The van der Waals surface area contributed by atoms with E-state index in [1.54, 1.807) is 0 Å². The number of hydrogen-bond acceptors (Lipinski definition) is 3. The van der Waals surface area contributed by atoms with Gasteiger partial charge in [0, 0.05) is 6.54 Å². The van der Waals surface area contributed by atoms with Gasteiger partial charge in [-0.05, 0) is 57.1 Å². The van der Waals surface area contributed by atoms with Gasteiger partial charge in [0.05, 0.1) is 23.1 Å². The fourth-order valence-corrected chi connectivity index (χ4v) is 3.31. The number of unbranched alkanes of at least 4 members (excludes halogenated alkanes) is 2. The molecule has 2 rings (SSSR count). The number of halogens is 3. The van der Waals surface area contributed by atoms with E-state index in [1.807, 2.05) is 4.57 Å². The van der Waals surface area contributed by atoms with Crippen molar-refractivity contribution in [2.24, 2.45) is 5.73 Å². The van der Waals surface area contributed by atoms with Crippen LogP contribution in [-0.4, -0.2) is 34.1 Å². The minimum Gasteiger partial charge on any atom is -0.327 e. The molecule has 0 aliphatic heterocycles. The van der Waals surface area contributed by atoms with Crippen molar-refractivity contribution >= 4 is 11.0 Å². The van der Waals surface area contributed by atoms with Crippen LogP contribution in [0.5, 0.6) is 0 Å². The van der Waals surface area contributed by atoms with Gasteiger partial charge in [0.2, 0.25) is 0 Å². The molecular weight excluding hydrogens is 353 g/mol. The summed E-state index contributed by atoms with van der Waals surface area (Å²) in [5.41, 5.74) is 6.19. The summed E-state index contributed by atoms with van der Waals surface area (Å²) in [6.45, 7) is 8.48. The number of nitrogens with two attached hydrogens (primary N) is 1. The number of nitrogens with zero attached hydrogens (tertiary/aromatic N) is 3. The maximum Gasteiger partial charge on any atom is 0.416 e. The van der Waals surface area contributed by atoms with Crippen molar-refractivity contribution in [1.82, 2.24) is 14.5 Å². The Balaban J connectivity index is 2.10. The van der Waals surface area contributed by atoms with Crippen LogP contribution in [0.15, 0.2) is 18.2 Å². The molecule has 0 spiro atoms. The molecule has 0 unspecified atom stereocenters. The van der Waals surface area contributed by atoms with E-state index in [1.165, 1.54) is 31.7 Å². The van der Waals surface area contributed by atoms with Gasteiger partial charge in [-0.2, -0.15) is 13.2 Å². The molecule has 0 amide bonds. The highest BCUT2D eigenvalue weighted by Gasteiger charge is 2.31. The fraction of sp³-hybridized carbons (Fsp3) is 0.650. The van der Waals surface area contributed by atoms with Crippen LogP contribution in [-0.2, 0) is 19.3 Å². The smallest absolute Gasteiger partial charge is 0.327 e. The van der Waals surface area contributed by atoms with E-state index < -0.39 is 11.7 Å². The first-order valence-corrected chi connectivity index (χ1v) is 9.89. The minimum absolute atomic E-state index is 0.214. The van der Waals surface area contributed by atoms with Crippen molar-refractivity contribution in [3.63, 3.8) is 0 Å². The predicted octanol–water partition coefficient (Wildman–Crippen LogP) is 4.81. The second kappa shape index (κ2) is 10.1. The molecular formula is C20H31F3N4. The minimum atomic E-state index is -4.36. The molecule has 4 nitrogen and oxygen atoms in total. The molecule has 2 N–H and O–H groups in total. The maximum absolute atomic E-state index is 12.9. The summed E-state index contributed by atoms with van der Waals surface area (Å²) in [7, 11) is 0. The van der Waals surface area contributed by atoms with Gasteiger partial charge < -0.3 is 15.2 Å². The van der Waals surface area contributed by atoms with Crippen LogP contribution in [0.25, 0.3) is 11.0 Å². The van der Waals surface area contributed by atoms with E-state index in [4.69, 9.17) is 5.73 Å². The molecule has 0 bridgehead atoms. The number of aromatic nitrogens is 2. The molecule has 0 radical (unpaired) electrons. The third-order valence-corrected chi connectivity index (χ3v) is 4.85. The molecule has 1 aromatic carbocycles. The van der Waals surface area contributed by atoms with Crippen LogP contribution in [0.3, 0.4) is 0 Å². The average Bonchev–Trinajstić information content (AvgIpc) is 2.99. The number of fused-ring (bicyclic) bond motifs is 1. The second-order valence-corrected chi connectivity index (χ2v) is 6.99. The zero-order valence-corrected chi connectivity index (χ0v) is 16.4. The van der Waals surface area contributed by atoms with E-state index in [2.05, 4.69) is 23.7 Å². The van der Waals surface area contributed by atoms with Gasteiger partial charge >= 0.3 is 6.18 Å². The second-order valence-electron chi connectivity index (χ2n) is 6.99. The van der Waals surface area contributed by atoms with Crippen molar-refractivity contribution < 1.29 is 13.2 Å². The highest BCUT2D eigenvalue weighted by atomic mass is 19.4. The summed E-state index contributed by atoms with van der Waals surface area (Å²) < 4.78 is 40.8. The number of rotatable bonds is 11. The van der Waals surface area contributed by atoms with E-state index in [9.17, 15) is 13.2 Å². The van der Waals surface area contributed by atoms with E-state index in [-0.39, 0.29) is 6.54 Å². The Labute approximate surface area is 159 Å². The zero-order valence-electron chi connectivity index (χ0n) is 16.4. The summed E-state index contributed by atoms with van der Waals surface area (Å²) in [4.78, 5) is 6.81. The summed E-state index contributed by atoms with van der Waals surface area (Å²) >= 11 is 0.